The van der Waals surface area contributed by atoms with Gasteiger partial charge in [-0.15, -0.1) is 0 Å². The molecule has 19 heavy (non-hydrogen) atoms. The fraction of sp³-hybridized carbons (Fsp3) is 0.400. The van der Waals surface area contributed by atoms with Gasteiger partial charge in [0.15, 0.2) is 5.76 Å². The largest absolute Gasteiger partial charge is 0.363 e. The molecule has 2 N–H and O–H groups in total. The zero-order valence-corrected chi connectivity index (χ0v) is 11.2. The summed E-state index contributed by atoms with van der Waals surface area (Å²) >= 11 is 0. The lowest BCUT2D eigenvalue weighted by Gasteiger charge is -2.34. The van der Waals surface area contributed by atoms with E-state index in [-0.39, 0.29) is 0 Å². The van der Waals surface area contributed by atoms with Crippen molar-refractivity contribution in [1.29, 1.82) is 0 Å². The molecule has 0 saturated heterocycles. The monoisotopic (exact) mass is 257 g/mol. The summed E-state index contributed by atoms with van der Waals surface area (Å²) in [5.41, 5.74) is 9.10. The summed E-state index contributed by atoms with van der Waals surface area (Å²) in [4.78, 5) is 2.37. The summed E-state index contributed by atoms with van der Waals surface area (Å²) in [7, 11) is 0. The molecule has 1 aliphatic rings. The SMILES string of the molecule is CC1Cc2ccccc2N(Cc2cc(CN)no2)C1. The summed E-state index contributed by atoms with van der Waals surface area (Å²) < 4.78 is 5.34. The Hall–Kier alpha value is -1.81. The smallest absolute Gasteiger partial charge is 0.156 e. The molecule has 0 bridgehead atoms. The van der Waals surface area contributed by atoms with Crippen LogP contribution in [0.2, 0.25) is 0 Å². The quantitative estimate of drug-likeness (QED) is 0.917. The van der Waals surface area contributed by atoms with E-state index in [2.05, 4.69) is 41.2 Å². The van der Waals surface area contributed by atoms with Crippen LogP contribution < -0.4 is 10.6 Å². The van der Waals surface area contributed by atoms with E-state index in [1.807, 2.05) is 6.07 Å². The molecule has 0 amide bonds. The highest BCUT2D eigenvalue weighted by atomic mass is 16.5. The third-order valence-corrected chi connectivity index (χ3v) is 3.60. The Bertz CT molecular complexity index is 564. The number of para-hydroxylation sites is 1. The molecular formula is C15H19N3O. The summed E-state index contributed by atoms with van der Waals surface area (Å²) in [5, 5.41) is 3.95. The number of fused-ring (bicyclic) bond motifs is 1. The standard InChI is InChI=1S/C15H19N3O/c1-11-6-12-4-2-3-5-15(12)18(9-11)10-14-7-13(8-16)17-19-14/h2-5,7,11H,6,8-10,16H2,1H3. The van der Waals surface area contributed by atoms with Crippen LogP contribution in [0.1, 0.15) is 23.9 Å². The molecule has 100 valence electrons. The average molecular weight is 257 g/mol. The first-order valence-corrected chi connectivity index (χ1v) is 6.73. The fourth-order valence-corrected chi connectivity index (χ4v) is 2.77. The Morgan fingerprint density at radius 2 is 2.26 bits per heavy atom. The first kappa shape index (κ1) is 12.2. The number of anilines is 1. The molecule has 0 radical (unpaired) electrons. The topological polar surface area (TPSA) is 55.3 Å². The van der Waals surface area contributed by atoms with Gasteiger partial charge in [-0.1, -0.05) is 30.3 Å². The minimum atomic E-state index is 0.427. The van der Waals surface area contributed by atoms with E-state index in [4.69, 9.17) is 10.3 Å². The first-order valence-electron chi connectivity index (χ1n) is 6.73. The van der Waals surface area contributed by atoms with E-state index in [9.17, 15) is 0 Å². The van der Waals surface area contributed by atoms with Crippen LogP contribution in [-0.2, 0) is 19.5 Å². The lowest BCUT2D eigenvalue weighted by molar-refractivity contribution is 0.371. The summed E-state index contributed by atoms with van der Waals surface area (Å²) in [5.74, 6) is 1.54. The third-order valence-electron chi connectivity index (χ3n) is 3.60. The number of aromatic nitrogens is 1. The summed E-state index contributed by atoms with van der Waals surface area (Å²) in [6.07, 6.45) is 1.15. The Kier molecular flexibility index (Phi) is 3.25. The number of benzene rings is 1. The van der Waals surface area contributed by atoms with Gasteiger partial charge in [0.2, 0.25) is 0 Å². The molecular weight excluding hydrogens is 238 g/mol. The lowest BCUT2D eigenvalue weighted by atomic mass is 9.94. The Morgan fingerprint density at radius 3 is 3.05 bits per heavy atom. The molecule has 2 heterocycles. The minimum absolute atomic E-state index is 0.427. The Morgan fingerprint density at radius 1 is 1.42 bits per heavy atom. The highest BCUT2D eigenvalue weighted by molar-refractivity contribution is 5.55. The van der Waals surface area contributed by atoms with Crippen molar-refractivity contribution >= 4 is 5.69 Å². The third kappa shape index (κ3) is 2.49. The summed E-state index contributed by atoms with van der Waals surface area (Å²) in [6, 6.07) is 10.5. The lowest BCUT2D eigenvalue weighted by Crippen LogP contribution is -2.33. The van der Waals surface area contributed by atoms with Crippen LogP contribution in [0.3, 0.4) is 0 Å². The molecule has 1 aromatic carbocycles. The number of nitrogens with two attached hydrogens (primary N) is 1. The van der Waals surface area contributed by atoms with Gasteiger partial charge in [0.05, 0.1) is 12.2 Å². The van der Waals surface area contributed by atoms with Crippen LogP contribution in [0, 0.1) is 5.92 Å². The van der Waals surface area contributed by atoms with Crippen molar-refractivity contribution in [2.24, 2.45) is 11.7 Å². The van der Waals surface area contributed by atoms with Crippen LogP contribution in [0.5, 0.6) is 0 Å². The van der Waals surface area contributed by atoms with Gasteiger partial charge < -0.3 is 15.2 Å². The van der Waals surface area contributed by atoms with E-state index >= 15 is 0 Å². The average Bonchev–Trinajstić information content (AvgIpc) is 2.86. The molecule has 1 aliphatic heterocycles. The maximum atomic E-state index is 5.56. The molecule has 1 atom stereocenters. The van der Waals surface area contributed by atoms with Crippen molar-refractivity contribution in [1.82, 2.24) is 5.16 Å². The van der Waals surface area contributed by atoms with E-state index in [0.29, 0.717) is 12.5 Å². The van der Waals surface area contributed by atoms with E-state index in [1.54, 1.807) is 0 Å². The number of nitrogens with zero attached hydrogens (tertiary/aromatic N) is 2. The van der Waals surface area contributed by atoms with Gasteiger partial charge >= 0.3 is 0 Å². The second-order valence-corrected chi connectivity index (χ2v) is 5.31. The van der Waals surface area contributed by atoms with Gasteiger partial charge in [0, 0.05) is 24.8 Å². The van der Waals surface area contributed by atoms with Gasteiger partial charge in [0.1, 0.15) is 0 Å². The number of rotatable bonds is 3. The van der Waals surface area contributed by atoms with Gasteiger partial charge in [-0.2, -0.15) is 0 Å². The zero-order valence-electron chi connectivity index (χ0n) is 11.2. The van der Waals surface area contributed by atoms with Gasteiger partial charge in [-0.25, -0.2) is 0 Å². The molecule has 2 aromatic rings. The zero-order chi connectivity index (χ0) is 13.2. The predicted molar refractivity (Wildman–Crippen MR) is 74.8 cm³/mol. The van der Waals surface area contributed by atoms with Crippen LogP contribution in [0.4, 0.5) is 5.69 Å². The molecule has 4 nitrogen and oxygen atoms in total. The van der Waals surface area contributed by atoms with E-state index in [1.165, 1.54) is 11.3 Å². The predicted octanol–water partition coefficient (Wildman–Crippen LogP) is 2.33. The normalized spacial score (nSPS) is 18.4. The van der Waals surface area contributed by atoms with Crippen LogP contribution >= 0.6 is 0 Å². The second-order valence-electron chi connectivity index (χ2n) is 5.31. The molecule has 3 rings (SSSR count). The second kappa shape index (κ2) is 5.05. The molecule has 4 heteroatoms. The van der Waals surface area contributed by atoms with Crippen molar-refractivity contribution in [2.75, 3.05) is 11.4 Å². The molecule has 0 spiro atoms. The highest BCUT2D eigenvalue weighted by Gasteiger charge is 2.22. The Balaban J connectivity index is 1.84. The molecule has 0 fully saturated rings. The first-order chi connectivity index (χ1) is 9.26. The molecule has 0 aliphatic carbocycles. The maximum absolute atomic E-state index is 5.56. The maximum Gasteiger partial charge on any atom is 0.156 e. The van der Waals surface area contributed by atoms with E-state index in [0.717, 1.165) is 31.0 Å². The molecule has 1 aromatic heterocycles. The van der Waals surface area contributed by atoms with Crippen LogP contribution in [0.15, 0.2) is 34.9 Å². The highest BCUT2D eigenvalue weighted by Crippen LogP contribution is 2.30. The van der Waals surface area contributed by atoms with Crippen molar-refractivity contribution in [3.63, 3.8) is 0 Å². The van der Waals surface area contributed by atoms with Crippen molar-refractivity contribution in [3.8, 4) is 0 Å². The molecule has 0 saturated carbocycles. The Labute approximate surface area is 113 Å². The van der Waals surface area contributed by atoms with Crippen LogP contribution in [-0.4, -0.2) is 11.7 Å². The van der Waals surface area contributed by atoms with Crippen molar-refractivity contribution < 1.29 is 4.52 Å². The number of hydrogen-bond acceptors (Lipinski definition) is 4. The number of hydrogen-bond donors (Lipinski definition) is 1. The van der Waals surface area contributed by atoms with E-state index < -0.39 is 0 Å². The minimum Gasteiger partial charge on any atom is -0.363 e. The fourth-order valence-electron chi connectivity index (χ4n) is 2.77. The van der Waals surface area contributed by atoms with Gasteiger partial charge in [-0.05, 0) is 24.0 Å². The van der Waals surface area contributed by atoms with Crippen molar-refractivity contribution in [3.05, 3.63) is 47.3 Å². The van der Waals surface area contributed by atoms with Gasteiger partial charge in [-0.3, -0.25) is 0 Å². The summed E-state index contributed by atoms with van der Waals surface area (Å²) in [6.45, 7) is 4.52. The van der Waals surface area contributed by atoms with Crippen LogP contribution in [0.25, 0.3) is 0 Å². The molecule has 1 unspecified atom stereocenters. The van der Waals surface area contributed by atoms with Crippen molar-refractivity contribution in [2.45, 2.75) is 26.4 Å². The van der Waals surface area contributed by atoms with Gasteiger partial charge in [0.25, 0.3) is 0 Å².